The van der Waals surface area contributed by atoms with Crippen molar-refractivity contribution >= 4 is 22.8 Å². The first-order valence-electron chi connectivity index (χ1n) is 6.88. The molecule has 0 aliphatic heterocycles. The summed E-state index contributed by atoms with van der Waals surface area (Å²) in [6.07, 6.45) is 4.43. The largest absolute Gasteiger partial charge is 0.508 e. The Balaban J connectivity index is 2.02. The summed E-state index contributed by atoms with van der Waals surface area (Å²) in [7, 11) is 1.42. The van der Waals surface area contributed by atoms with Gasteiger partial charge in [-0.25, -0.2) is 0 Å². The van der Waals surface area contributed by atoms with Crippen molar-refractivity contribution in [2.45, 2.75) is 0 Å². The molecule has 2 aromatic carbocycles. The van der Waals surface area contributed by atoms with E-state index in [0.29, 0.717) is 5.39 Å². The molecule has 1 heterocycles. The van der Waals surface area contributed by atoms with Gasteiger partial charge in [-0.05, 0) is 29.8 Å². The summed E-state index contributed by atoms with van der Waals surface area (Å²) in [6, 6.07) is 9.43. The molecule has 0 atom stereocenters. The van der Waals surface area contributed by atoms with Gasteiger partial charge in [0.15, 0.2) is 11.4 Å². The van der Waals surface area contributed by atoms with Gasteiger partial charge in [0.1, 0.15) is 22.8 Å². The fraction of sp³-hybridized carbons (Fsp3) is 0.0556. The smallest absolute Gasteiger partial charge is 0.193 e. The average Bonchev–Trinajstić information content (AvgIpc) is 3.03. The molecule has 5 nitrogen and oxygen atoms in total. The summed E-state index contributed by atoms with van der Waals surface area (Å²) in [5, 5.41) is 19.6. The molecular formula is C18H14O5. The van der Waals surface area contributed by atoms with E-state index in [9.17, 15) is 15.0 Å². The molecule has 3 aromatic rings. The number of carbonyl (C=O) groups is 1. The van der Waals surface area contributed by atoms with Gasteiger partial charge in [-0.1, -0.05) is 18.2 Å². The second-order valence-electron chi connectivity index (χ2n) is 4.93. The Morgan fingerprint density at radius 1 is 1.17 bits per heavy atom. The molecule has 0 fully saturated rings. The van der Waals surface area contributed by atoms with Crippen molar-refractivity contribution in [1.29, 1.82) is 0 Å². The topological polar surface area (TPSA) is 79.9 Å². The standard InChI is InChI=1S/C18H14O5/c1-22-16-10-15(21)13-8-9-23-18(13)17(16)14(20)7-4-11-2-5-12(19)6-3-11/h2-10,19,21H,1H3. The SMILES string of the molecule is COc1cc(O)c2ccoc2c1C(=O)C=Cc1ccc(O)cc1. The molecule has 3 rings (SSSR count). The molecule has 116 valence electrons. The Hall–Kier alpha value is -3.21. The van der Waals surface area contributed by atoms with Crippen LogP contribution in [-0.2, 0) is 0 Å². The van der Waals surface area contributed by atoms with Gasteiger partial charge in [0, 0.05) is 6.07 Å². The summed E-state index contributed by atoms with van der Waals surface area (Å²) >= 11 is 0. The number of ketones is 1. The third kappa shape index (κ3) is 2.76. The van der Waals surface area contributed by atoms with Gasteiger partial charge >= 0.3 is 0 Å². The first-order valence-corrected chi connectivity index (χ1v) is 6.88. The lowest BCUT2D eigenvalue weighted by Crippen LogP contribution is -1.99. The number of phenolic OH excluding ortho intramolecular Hbond substituents is 2. The molecule has 0 unspecified atom stereocenters. The number of hydrogen-bond donors (Lipinski definition) is 2. The van der Waals surface area contributed by atoms with Crippen molar-refractivity contribution in [2.75, 3.05) is 7.11 Å². The van der Waals surface area contributed by atoms with Gasteiger partial charge in [-0.15, -0.1) is 0 Å². The summed E-state index contributed by atoms with van der Waals surface area (Å²) in [5.41, 5.74) is 1.30. The molecule has 1 aromatic heterocycles. The third-order valence-electron chi connectivity index (χ3n) is 3.47. The number of hydrogen-bond acceptors (Lipinski definition) is 5. The number of ether oxygens (including phenoxy) is 1. The normalized spacial score (nSPS) is 11.2. The van der Waals surface area contributed by atoms with Crippen LogP contribution in [-0.4, -0.2) is 23.1 Å². The highest BCUT2D eigenvalue weighted by Crippen LogP contribution is 2.36. The van der Waals surface area contributed by atoms with Crippen molar-refractivity contribution in [3.8, 4) is 17.2 Å². The molecule has 2 N–H and O–H groups in total. The highest BCUT2D eigenvalue weighted by Gasteiger charge is 2.19. The molecule has 0 aliphatic carbocycles. The van der Waals surface area contributed by atoms with E-state index in [4.69, 9.17) is 9.15 Å². The fourth-order valence-corrected chi connectivity index (χ4v) is 2.33. The molecule has 0 saturated carbocycles. The lowest BCUT2D eigenvalue weighted by molar-refractivity contribution is 0.104. The van der Waals surface area contributed by atoms with Crippen LogP contribution in [0.1, 0.15) is 15.9 Å². The summed E-state index contributed by atoms with van der Waals surface area (Å²) < 4.78 is 10.5. The van der Waals surface area contributed by atoms with E-state index in [1.54, 1.807) is 24.3 Å². The van der Waals surface area contributed by atoms with E-state index in [-0.39, 0.29) is 34.2 Å². The van der Waals surface area contributed by atoms with Crippen LogP contribution in [0.3, 0.4) is 0 Å². The number of methoxy groups -OCH3 is 1. The van der Waals surface area contributed by atoms with Crippen molar-refractivity contribution in [3.63, 3.8) is 0 Å². The number of rotatable bonds is 4. The zero-order chi connectivity index (χ0) is 16.4. The maximum absolute atomic E-state index is 12.5. The zero-order valence-corrected chi connectivity index (χ0v) is 12.3. The van der Waals surface area contributed by atoms with Crippen LogP contribution in [0.2, 0.25) is 0 Å². The second kappa shape index (κ2) is 5.88. The van der Waals surface area contributed by atoms with E-state index in [1.165, 1.54) is 37.6 Å². The Morgan fingerprint density at radius 2 is 1.91 bits per heavy atom. The van der Waals surface area contributed by atoms with E-state index < -0.39 is 0 Å². The predicted molar refractivity (Wildman–Crippen MR) is 85.9 cm³/mol. The minimum absolute atomic E-state index is 0.00957. The van der Waals surface area contributed by atoms with Gasteiger partial charge in [0.05, 0.1) is 18.8 Å². The monoisotopic (exact) mass is 310 g/mol. The van der Waals surface area contributed by atoms with Gasteiger partial charge in [0.2, 0.25) is 0 Å². The number of furan rings is 1. The molecule has 0 saturated heterocycles. The minimum atomic E-state index is -0.310. The highest BCUT2D eigenvalue weighted by atomic mass is 16.5. The third-order valence-corrected chi connectivity index (χ3v) is 3.47. The summed E-state index contributed by atoms with van der Waals surface area (Å²) in [5.74, 6) is 0.0795. The Bertz CT molecular complexity index is 888. The lowest BCUT2D eigenvalue weighted by atomic mass is 10.0. The van der Waals surface area contributed by atoms with Gasteiger partial charge in [-0.3, -0.25) is 4.79 Å². The van der Waals surface area contributed by atoms with Crippen LogP contribution >= 0.6 is 0 Å². The van der Waals surface area contributed by atoms with Crippen LogP contribution in [0.25, 0.3) is 17.0 Å². The first-order chi connectivity index (χ1) is 11.1. The van der Waals surface area contributed by atoms with Gasteiger partial charge in [-0.2, -0.15) is 0 Å². The summed E-state index contributed by atoms with van der Waals surface area (Å²) in [4.78, 5) is 12.5. The average molecular weight is 310 g/mol. The van der Waals surface area contributed by atoms with Crippen molar-refractivity contribution in [1.82, 2.24) is 0 Å². The molecular weight excluding hydrogens is 296 g/mol. The lowest BCUT2D eigenvalue weighted by Gasteiger charge is -2.07. The van der Waals surface area contributed by atoms with E-state index in [1.807, 2.05) is 0 Å². The quantitative estimate of drug-likeness (QED) is 0.566. The minimum Gasteiger partial charge on any atom is -0.508 e. The van der Waals surface area contributed by atoms with E-state index >= 15 is 0 Å². The van der Waals surface area contributed by atoms with Crippen LogP contribution in [0.15, 0.2) is 53.2 Å². The van der Waals surface area contributed by atoms with Crippen LogP contribution in [0.5, 0.6) is 17.2 Å². The number of phenols is 2. The fourth-order valence-electron chi connectivity index (χ4n) is 2.33. The Kier molecular flexibility index (Phi) is 3.76. The van der Waals surface area contributed by atoms with Crippen LogP contribution in [0.4, 0.5) is 0 Å². The highest BCUT2D eigenvalue weighted by molar-refractivity contribution is 6.16. The molecule has 0 aliphatic rings. The number of aromatic hydroxyl groups is 2. The number of carbonyl (C=O) groups excluding carboxylic acids is 1. The van der Waals surface area contributed by atoms with Crippen molar-refractivity contribution < 1.29 is 24.2 Å². The second-order valence-corrected chi connectivity index (χ2v) is 4.93. The maximum Gasteiger partial charge on any atom is 0.193 e. The molecule has 23 heavy (non-hydrogen) atoms. The number of benzene rings is 2. The van der Waals surface area contributed by atoms with Crippen molar-refractivity contribution in [3.05, 3.63) is 59.9 Å². The van der Waals surface area contributed by atoms with E-state index in [0.717, 1.165) is 5.56 Å². The molecule has 0 amide bonds. The van der Waals surface area contributed by atoms with Crippen LogP contribution in [0, 0.1) is 0 Å². The summed E-state index contributed by atoms with van der Waals surface area (Å²) in [6.45, 7) is 0. The predicted octanol–water partition coefficient (Wildman–Crippen LogP) is 3.75. The maximum atomic E-state index is 12.5. The molecule has 0 spiro atoms. The van der Waals surface area contributed by atoms with E-state index in [2.05, 4.69) is 0 Å². The Labute approximate surface area is 132 Å². The molecule has 0 radical (unpaired) electrons. The zero-order valence-electron chi connectivity index (χ0n) is 12.3. The van der Waals surface area contributed by atoms with Gasteiger partial charge in [0.25, 0.3) is 0 Å². The van der Waals surface area contributed by atoms with Gasteiger partial charge < -0.3 is 19.4 Å². The number of allylic oxidation sites excluding steroid dienone is 1. The Morgan fingerprint density at radius 3 is 2.61 bits per heavy atom. The van der Waals surface area contributed by atoms with Crippen LogP contribution < -0.4 is 4.74 Å². The molecule has 0 bridgehead atoms. The van der Waals surface area contributed by atoms with Crippen molar-refractivity contribution in [2.24, 2.45) is 0 Å². The first kappa shape index (κ1) is 14.7. The number of fused-ring (bicyclic) bond motifs is 1. The molecule has 5 heteroatoms.